The standard InChI is InChI=1S/C79H132O17P2/c1-5-9-13-17-21-25-29-32-34-35-36-37-39-41-45-48-52-56-60-64-77(82)90-70-75(96-79(84)66-62-58-54-50-46-42-38-33-30-26-22-18-14-10-6-2)72-94-98(87,88)92-68-73(80)67-91-97(85,86)93-71-74(95-78(83)65-61-57-53-49-43-28-24-20-16-12-8-4)69-89-76(81)63-59-55-51-47-44-40-31-27-23-19-15-11-7-3/h9-10,13-15,19,21-22,25-27,31-34,36-38,41,45-46,50,73-75,80H,5-8,11-12,16-18,20,23-24,28-30,35,39-40,42-44,47-49,51-72H2,1-4H3,(H,85,86)(H,87,88)/b13-9-,14-10-,19-15-,25-21-,26-22-,31-27-,34-32-,37-36-,38-33-,45-41-,50-46-. The molecule has 0 spiro atoms. The van der Waals surface area contributed by atoms with Gasteiger partial charge in [-0.1, -0.05) is 258 Å². The van der Waals surface area contributed by atoms with Gasteiger partial charge in [-0.05, 0) is 135 Å². The third-order valence-electron chi connectivity index (χ3n) is 15.1. The minimum Gasteiger partial charge on any atom is -0.462 e. The number of hydrogen-bond acceptors (Lipinski definition) is 15. The summed E-state index contributed by atoms with van der Waals surface area (Å²) < 4.78 is 68.3. The Morgan fingerprint density at radius 3 is 0.888 bits per heavy atom. The summed E-state index contributed by atoms with van der Waals surface area (Å²) >= 11 is 0. The van der Waals surface area contributed by atoms with E-state index in [4.69, 9.17) is 37.0 Å². The lowest BCUT2D eigenvalue weighted by Gasteiger charge is -2.21. The van der Waals surface area contributed by atoms with Crippen molar-refractivity contribution in [1.29, 1.82) is 0 Å². The fraction of sp³-hybridized carbons (Fsp3) is 0.671. The summed E-state index contributed by atoms with van der Waals surface area (Å²) in [7, 11) is -9.97. The van der Waals surface area contributed by atoms with Gasteiger partial charge in [0.15, 0.2) is 12.2 Å². The van der Waals surface area contributed by atoms with Crippen molar-refractivity contribution in [2.24, 2.45) is 0 Å². The molecule has 0 radical (unpaired) electrons. The molecule has 0 fully saturated rings. The van der Waals surface area contributed by atoms with E-state index in [2.05, 4.69) is 161 Å². The van der Waals surface area contributed by atoms with Crippen LogP contribution in [0.3, 0.4) is 0 Å². The van der Waals surface area contributed by atoms with Gasteiger partial charge in [0.1, 0.15) is 19.3 Å². The van der Waals surface area contributed by atoms with E-state index in [9.17, 15) is 43.2 Å². The maximum atomic E-state index is 13.1. The number of unbranched alkanes of at least 4 members (excludes halogenated alkanes) is 21. The number of phosphoric acid groups is 2. The first-order chi connectivity index (χ1) is 47.7. The second-order valence-corrected chi connectivity index (χ2v) is 27.4. The Balaban J connectivity index is 5.41. The molecule has 0 aliphatic heterocycles. The van der Waals surface area contributed by atoms with Crippen LogP contribution in [0.2, 0.25) is 0 Å². The fourth-order valence-corrected chi connectivity index (χ4v) is 11.0. The van der Waals surface area contributed by atoms with Crippen molar-refractivity contribution in [3.63, 3.8) is 0 Å². The molecule has 0 aromatic rings. The van der Waals surface area contributed by atoms with E-state index in [1.54, 1.807) is 0 Å². The largest absolute Gasteiger partial charge is 0.472 e. The number of ether oxygens (including phenoxy) is 4. The Labute approximate surface area is 593 Å². The second kappa shape index (κ2) is 70.6. The zero-order valence-electron chi connectivity index (χ0n) is 60.9. The average Bonchev–Trinajstić information content (AvgIpc) is 0.992. The Bertz CT molecular complexity index is 2380. The first-order valence-corrected chi connectivity index (χ1v) is 40.4. The van der Waals surface area contributed by atoms with Crippen molar-refractivity contribution in [2.45, 2.75) is 303 Å². The summed E-state index contributed by atoms with van der Waals surface area (Å²) in [5.41, 5.74) is 0. The van der Waals surface area contributed by atoms with Gasteiger partial charge in [-0.25, -0.2) is 9.13 Å². The van der Waals surface area contributed by atoms with Crippen LogP contribution in [0.15, 0.2) is 134 Å². The highest BCUT2D eigenvalue weighted by molar-refractivity contribution is 7.47. The van der Waals surface area contributed by atoms with Crippen LogP contribution in [-0.4, -0.2) is 96.7 Å². The number of allylic oxidation sites excluding steroid dienone is 22. The molecule has 0 saturated carbocycles. The van der Waals surface area contributed by atoms with Crippen LogP contribution in [0.1, 0.15) is 285 Å². The topological polar surface area (TPSA) is 237 Å². The van der Waals surface area contributed by atoms with Crippen LogP contribution in [-0.2, 0) is 65.4 Å². The SMILES string of the molecule is CC/C=C\C/C=C\C/C=C\C/C=C\C/C=C\CCCCCC(=O)OCC(COP(=O)(O)OCC(O)COP(=O)(O)OCC(COC(=O)CCCCCCC/C=C\C/C=C\CCC)OC(=O)CCCCCCCCCCCCC)OC(=O)CCCC/C=C\C/C=C\C/C=C\C/C=C\CC. The van der Waals surface area contributed by atoms with Crippen LogP contribution >= 0.6 is 15.6 Å². The number of rotatable bonds is 69. The molecule has 19 heteroatoms. The van der Waals surface area contributed by atoms with Crippen LogP contribution in [0.4, 0.5) is 0 Å². The quantitative estimate of drug-likeness (QED) is 0.0169. The smallest absolute Gasteiger partial charge is 0.462 e. The summed E-state index contributed by atoms with van der Waals surface area (Å²) in [5.74, 6) is -2.28. The van der Waals surface area contributed by atoms with Gasteiger partial charge in [0.2, 0.25) is 0 Å². The average molecular weight is 1420 g/mol. The van der Waals surface area contributed by atoms with E-state index in [1.165, 1.54) is 38.5 Å². The highest BCUT2D eigenvalue weighted by Crippen LogP contribution is 2.45. The Hall–Kier alpha value is -4.80. The van der Waals surface area contributed by atoms with Crippen LogP contribution in [0.25, 0.3) is 0 Å². The number of hydrogen-bond donors (Lipinski definition) is 3. The summed E-state index contributed by atoms with van der Waals surface area (Å²) in [4.78, 5) is 72.7. The number of aliphatic hydroxyl groups excluding tert-OH is 1. The van der Waals surface area contributed by atoms with E-state index in [1.807, 2.05) is 0 Å². The maximum absolute atomic E-state index is 13.1. The Morgan fingerprint density at radius 2 is 0.551 bits per heavy atom. The first-order valence-electron chi connectivity index (χ1n) is 37.4. The molecular formula is C79H132O17P2. The van der Waals surface area contributed by atoms with Gasteiger partial charge in [-0.15, -0.1) is 0 Å². The lowest BCUT2D eigenvalue weighted by Crippen LogP contribution is -2.30. The van der Waals surface area contributed by atoms with Crippen molar-refractivity contribution >= 4 is 39.5 Å². The molecule has 0 saturated heterocycles. The van der Waals surface area contributed by atoms with Gasteiger partial charge in [0.05, 0.1) is 26.4 Å². The third kappa shape index (κ3) is 69.7. The van der Waals surface area contributed by atoms with E-state index in [0.717, 1.165) is 161 Å². The summed E-state index contributed by atoms with van der Waals surface area (Å²) in [6.07, 6.45) is 77.4. The number of carbonyl (C=O) groups excluding carboxylic acids is 4. The minimum absolute atomic E-state index is 0.0314. The molecule has 0 amide bonds. The molecule has 0 heterocycles. The zero-order chi connectivity index (χ0) is 71.8. The third-order valence-corrected chi connectivity index (χ3v) is 17.0. The number of phosphoric ester groups is 2. The Morgan fingerprint density at radius 1 is 0.296 bits per heavy atom. The number of aliphatic hydroxyl groups is 1. The predicted molar refractivity (Wildman–Crippen MR) is 399 cm³/mol. The minimum atomic E-state index is -5.00. The number of carbonyl (C=O) groups is 4. The lowest BCUT2D eigenvalue weighted by molar-refractivity contribution is -0.161. The summed E-state index contributed by atoms with van der Waals surface area (Å²) in [6, 6.07) is 0. The fourth-order valence-electron chi connectivity index (χ4n) is 9.45. The second-order valence-electron chi connectivity index (χ2n) is 24.5. The van der Waals surface area contributed by atoms with Gasteiger partial charge in [0.25, 0.3) is 0 Å². The van der Waals surface area contributed by atoms with Crippen LogP contribution in [0, 0.1) is 0 Å². The highest BCUT2D eigenvalue weighted by atomic mass is 31.2. The molecule has 5 atom stereocenters. The van der Waals surface area contributed by atoms with Crippen molar-refractivity contribution in [3.8, 4) is 0 Å². The molecular weight excluding hydrogens is 1280 g/mol. The predicted octanol–water partition coefficient (Wildman–Crippen LogP) is 21.3. The molecule has 0 aliphatic carbocycles. The maximum Gasteiger partial charge on any atom is 0.472 e. The van der Waals surface area contributed by atoms with Gasteiger partial charge in [-0.3, -0.25) is 37.3 Å². The van der Waals surface area contributed by atoms with Crippen LogP contribution < -0.4 is 0 Å². The van der Waals surface area contributed by atoms with E-state index in [-0.39, 0.29) is 25.7 Å². The zero-order valence-corrected chi connectivity index (χ0v) is 62.7. The molecule has 0 bridgehead atoms. The Kier molecular flexibility index (Phi) is 67.2. The molecule has 3 N–H and O–H groups in total. The van der Waals surface area contributed by atoms with Gasteiger partial charge >= 0.3 is 39.5 Å². The highest BCUT2D eigenvalue weighted by Gasteiger charge is 2.30. The normalized spacial score (nSPS) is 14.7. The van der Waals surface area contributed by atoms with Crippen molar-refractivity contribution < 1.29 is 80.2 Å². The van der Waals surface area contributed by atoms with E-state index >= 15 is 0 Å². The van der Waals surface area contributed by atoms with Crippen molar-refractivity contribution in [3.05, 3.63) is 134 Å². The summed E-state index contributed by atoms with van der Waals surface area (Å²) in [5, 5.41) is 10.6. The molecule has 560 valence electrons. The van der Waals surface area contributed by atoms with Crippen LogP contribution in [0.5, 0.6) is 0 Å². The number of esters is 4. The molecule has 98 heavy (non-hydrogen) atoms. The van der Waals surface area contributed by atoms with E-state index in [0.29, 0.717) is 32.1 Å². The molecule has 5 unspecified atom stereocenters. The van der Waals surface area contributed by atoms with Gasteiger partial charge < -0.3 is 33.8 Å². The van der Waals surface area contributed by atoms with Gasteiger partial charge in [-0.2, -0.15) is 0 Å². The molecule has 17 nitrogen and oxygen atoms in total. The molecule has 0 aromatic heterocycles. The van der Waals surface area contributed by atoms with Gasteiger partial charge in [0, 0.05) is 25.7 Å². The van der Waals surface area contributed by atoms with E-state index < -0.39 is 97.5 Å². The van der Waals surface area contributed by atoms with Crippen molar-refractivity contribution in [1.82, 2.24) is 0 Å². The monoisotopic (exact) mass is 1410 g/mol. The van der Waals surface area contributed by atoms with Crippen molar-refractivity contribution in [2.75, 3.05) is 39.6 Å². The molecule has 0 rings (SSSR count). The lowest BCUT2D eigenvalue weighted by atomic mass is 10.1. The first kappa shape index (κ1) is 93.2. The summed E-state index contributed by atoms with van der Waals surface area (Å²) in [6.45, 7) is 4.45. The molecule has 0 aliphatic rings. The molecule has 0 aromatic carbocycles.